The first-order valence-electron chi connectivity index (χ1n) is 5.36. The molecule has 1 aliphatic rings. The molecule has 0 aromatic heterocycles. The van der Waals surface area contributed by atoms with Gasteiger partial charge in [-0.1, -0.05) is 0 Å². The highest BCUT2D eigenvalue weighted by Crippen LogP contribution is 2.23. The predicted molar refractivity (Wildman–Crippen MR) is 60.6 cm³/mol. The summed E-state index contributed by atoms with van der Waals surface area (Å²) in [5.41, 5.74) is 2.12. The first-order valence-corrected chi connectivity index (χ1v) is 5.36. The van der Waals surface area contributed by atoms with E-state index in [0.717, 1.165) is 17.8 Å². The topological polar surface area (TPSA) is 15.3 Å². The molecule has 1 fully saturated rings. The molecular weight excluding hydrogens is 191 g/mol. The van der Waals surface area contributed by atoms with Crippen molar-refractivity contribution < 1.29 is 4.39 Å². The van der Waals surface area contributed by atoms with Crippen molar-refractivity contribution >= 4 is 5.69 Å². The van der Waals surface area contributed by atoms with Crippen molar-refractivity contribution in [3.63, 3.8) is 0 Å². The molecule has 1 N–H and O–H groups in total. The zero-order valence-electron chi connectivity index (χ0n) is 9.26. The summed E-state index contributed by atoms with van der Waals surface area (Å²) >= 11 is 0. The molecule has 2 rings (SSSR count). The second kappa shape index (κ2) is 4.19. The highest BCUT2D eigenvalue weighted by Gasteiger charge is 2.20. The first kappa shape index (κ1) is 10.4. The smallest absolute Gasteiger partial charge is 0.123 e. The maximum atomic E-state index is 13.1. The third-order valence-electron chi connectivity index (χ3n) is 2.68. The normalized spacial score (nSPS) is 15.4. The van der Waals surface area contributed by atoms with Gasteiger partial charge in [-0.05, 0) is 36.6 Å². The second-order valence-electron chi connectivity index (χ2n) is 4.32. The fourth-order valence-corrected chi connectivity index (χ4v) is 1.67. The molecule has 1 aromatic rings. The van der Waals surface area contributed by atoms with Crippen molar-refractivity contribution in [1.29, 1.82) is 0 Å². The maximum absolute atomic E-state index is 13.1. The van der Waals surface area contributed by atoms with Crippen LogP contribution in [0.2, 0.25) is 0 Å². The van der Waals surface area contributed by atoms with E-state index >= 15 is 0 Å². The lowest BCUT2D eigenvalue weighted by molar-refractivity contribution is 0.619. The molecule has 0 aliphatic heterocycles. The van der Waals surface area contributed by atoms with Crippen LogP contribution in [0.4, 0.5) is 10.1 Å². The van der Waals surface area contributed by atoms with Gasteiger partial charge in [0.2, 0.25) is 0 Å². The molecule has 0 amide bonds. The second-order valence-corrected chi connectivity index (χ2v) is 4.32. The van der Waals surface area contributed by atoms with E-state index in [1.165, 1.54) is 18.9 Å². The quantitative estimate of drug-likeness (QED) is 0.815. The Hall–Kier alpha value is -1.09. The van der Waals surface area contributed by atoms with Crippen LogP contribution in [0.25, 0.3) is 0 Å². The van der Waals surface area contributed by atoms with E-state index < -0.39 is 0 Å². The summed E-state index contributed by atoms with van der Waals surface area (Å²) in [7, 11) is 3.96. The van der Waals surface area contributed by atoms with Gasteiger partial charge in [0, 0.05) is 32.4 Å². The average molecular weight is 208 g/mol. The number of nitrogens with zero attached hydrogens (tertiary/aromatic N) is 1. The molecule has 0 heterocycles. The minimum Gasteiger partial charge on any atom is -0.377 e. The van der Waals surface area contributed by atoms with Gasteiger partial charge in [0.15, 0.2) is 0 Å². The summed E-state index contributed by atoms with van der Waals surface area (Å²) in [6, 6.07) is 5.61. The molecule has 2 nitrogen and oxygen atoms in total. The van der Waals surface area contributed by atoms with E-state index in [1.807, 2.05) is 25.1 Å². The molecule has 0 saturated heterocycles. The van der Waals surface area contributed by atoms with Crippen molar-refractivity contribution in [3.05, 3.63) is 29.6 Å². The van der Waals surface area contributed by atoms with E-state index in [0.29, 0.717) is 6.04 Å². The van der Waals surface area contributed by atoms with Crippen molar-refractivity contribution in [1.82, 2.24) is 5.32 Å². The molecule has 0 radical (unpaired) electrons. The monoisotopic (exact) mass is 208 g/mol. The van der Waals surface area contributed by atoms with Crippen LogP contribution in [0.3, 0.4) is 0 Å². The highest BCUT2D eigenvalue weighted by molar-refractivity contribution is 5.52. The van der Waals surface area contributed by atoms with Crippen LogP contribution < -0.4 is 10.2 Å². The van der Waals surface area contributed by atoms with Gasteiger partial charge >= 0.3 is 0 Å². The van der Waals surface area contributed by atoms with Gasteiger partial charge in [0.1, 0.15) is 5.82 Å². The summed E-state index contributed by atoms with van der Waals surface area (Å²) in [5.74, 6) is -0.159. The van der Waals surface area contributed by atoms with E-state index in [9.17, 15) is 4.39 Å². The maximum Gasteiger partial charge on any atom is 0.123 e. The van der Waals surface area contributed by atoms with E-state index in [2.05, 4.69) is 5.32 Å². The lowest BCUT2D eigenvalue weighted by atomic mass is 10.1. The van der Waals surface area contributed by atoms with E-state index in [1.54, 1.807) is 6.07 Å². The SMILES string of the molecule is CN(C)c1ccc(F)cc1CNC1CC1. The zero-order chi connectivity index (χ0) is 10.8. The van der Waals surface area contributed by atoms with E-state index in [4.69, 9.17) is 0 Å². The Morgan fingerprint density at radius 1 is 1.40 bits per heavy atom. The van der Waals surface area contributed by atoms with Gasteiger partial charge in [0.25, 0.3) is 0 Å². The highest BCUT2D eigenvalue weighted by atomic mass is 19.1. The minimum atomic E-state index is -0.159. The number of benzene rings is 1. The van der Waals surface area contributed by atoms with Crippen molar-refractivity contribution in [3.8, 4) is 0 Å². The Balaban J connectivity index is 2.13. The summed E-state index contributed by atoms with van der Waals surface area (Å²) < 4.78 is 13.1. The Kier molecular flexibility index (Phi) is 2.91. The van der Waals surface area contributed by atoms with Gasteiger partial charge in [-0.25, -0.2) is 4.39 Å². The van der Waals surface area contributed by atoms with E-state index in [-0.39, 0.29) is 5.82 Å². The van der Waals surface area contributed by atoms with Crippen LogP contribution in [-0.4, -0.2) is 20.1 Å². The standard InChI is InChI=1S/C12H17FN2/c1-15(2)12-6-3-10(13)7-9(12)8-14-11-4-5-11/h3,6-7,11,14H,4-5,8H2,1-2H3. The molecule has 1 aliphatic carbocycles. The van der Waals surface area contributed by atoms with Crippen molar-refractivity contribution in [2.45, 2.75) is 25.4 Å². The molecular formula is C12H17FN2. The minimum absolute atomic E-state index is 0.159. The van der Waals surface area contributed by atoms with Crippen molar-refractivity contribution in [2.75, 3.05) is 19.0 Å². The van der Waals surface area contributed by atoms with Crippen LogP contribution in [0.15, 0.2) is 18.2 Å². The number of hydrogen-bond acceptors (Lipinski definition) is 2. The molecule has 1 saturated carbocycles. The Labute approximate surface area is 90.1 Å². The van der Waals surface area contributed by atoms with Crippen molar-refractivity contribution in [2.24, 2.45) is 0 Å². The number of hydrogen-bond donors (Lipinski definition) is 1. The van der Waals surface area contributed by atoms with Gasteiger partial charge in [-0.15, -0.1) is 0 Å². The van der Waals surface area contributed by atoms with Gasteiger partial charge in [0.05, 0.1) is 0 Å². The summed E-state index contributed by atoms with van der Waals surface area (Å²) in [6.45, 7) is 0.760. The lowest BCUT2D eigenvalue weighted by Gasteiger charge is -2.17. The molecule has 3 heteroatoms. The third kappa shape index (κ3) is 2.69. The molecule has 1 aromatic carbocycles. The van der Waals surface area contributed by atoms with Crippen LogP contribution in [0, 0.1) is 5.82 Å². The molecule has 82 valence electrons. The first-order chi connectivity index (χ1) is 7.16. The Morgan fingerprint density at radius 3 is 2.73 bits per heavy atom. The number of halogens is 1. The lowest BCUT2D eigenvalue weighted by Crippen LogP contribution is -2.19. The van der Waals surface area contributed by atoms with Gasteiger partial charge < -0.3 is 10.2 Å². The summed E-state index contributed by atoms with van der Waals surface area (Å²) in [6.07, 6.45) is 2.51. The number of rotatable bonds is 4. The van der Waals surface area contributed by atoms with Crippen LogP contribution in [0.1, 0.15) is 18.4 Å². The van der Waals surface area contributed by atoms with Crippen LogP contribution in [-0.2, 0) is 6.54 Å². The Bertz CT molecular complexity index is 345. The molecule has 0 bridgehead atoms. The average Bonchev–Trinajstić information content (AvgIpc) is 2.97. The van der Waals surface area contributed by atoms with Crippen LogP contribution in [0.5, 0.6) is 0 Å². The predicted octanol–water partition coefficient (Wildman–Crippen LogP) is 2.14. The largest absolute Gasteiger partial charge is 0.377 e. The Morgan fingerprint density at radius 2 is 2.13 bits per heavy atom. The molecule has 0 atom stereocenters. The number of anilines is 1. The fourth-order valence-electron chi connectivity index (χ4n) is 1.67. The molecule has 15 heavy (non-hydrogen) atoms. The summed E-state index contributed by atoms with van der Waals surface area (Å²) in [5, 5.41) is 3.40. The van der Waals surface area contributed by atoms with Crippen LogP contribution >= 0.6 is 0 Å². The molecule has 0 spiro atoms. The number of nitrogens with one attached hydrogen (secondary N) is 1. The van der Waals surface area contributed by atoms with Gasteiger partial charge in [-0.3, -0.25) is 0 Å². The molecule has 0 unspecified atom stereocenters. The summed E-state index contributed by atoms with van der Waals surface area (Å²) in [4.78, 5) is 2.02. The van der Waals surface area contributed by atoms with Gasteiger partial charge in [-0.2, -0.15) is 0 Å². The zero-order valence-corrected chi connectivity index (χ0v) is 9.26. The fraction of sp³-hybridized carbons (Fsp3) is 0.500. The third-order valence-corrected chi connectivity index (χ3v) is 2.68.